The molecule has 4 nitrogen and oxygen atoms in total. The fourth-order valence-electron chi connectivity index (χ4n) is 1.30. The first-order valence-electron chi connectivity index (χ1n) is 4.66. The molecule has 1 aromatic carbocycles. The van der Waals surface area contributed by atoms with Crippen molar-refractivity contribution in [3.8, 4) is 5.75 Å². The maximum absolute atomic E-state index is 9.85. The average Bonchev–Trinajstić information content (AvgIpc) is 2.24. The molecule has 0 radical (unpaired) electrons. The van der Waals surface area contributed by atoms with Gasteiger partial charge in [-0.1, -0.05) is 0 Å². The van der Waals surface area contributed by atoms with Crippen molar-refractivity contribution in [3.05, 3.63) is 26.6 Å². The summed E-state index contributed by atoms with van der Waals surface area (Å²) in [6.45, 7) is 0.289. The van der Waals surface area contributed by atoms with E-state index in [1.807, 2.05) is 0 Å². The van der Waals surface area contributed by atoms with Gasteiger partial charge in [-0.25, -0.2) is 0 Å². The molecule has 0 aromatic heterocycles. The van der Waals surface area contributed by atoms with Gasteiger partial charge in [0.1, 0.15) is 11.9 Å². The number of benzene rings is 1. The Bertz CT molecular complexity index is 350. The van der Waals surface area contributed by atoms with Crippen LogP contribution in [0, 0.1) is 0 Å². The molecule has 0 aliphatic carbocycles. The van der Waals surface area contributed by atoms with Gasteiger partial charge in [0.15, 0.2) is 0 Å². The summed E-state index contributed by atoms with van der Waals surface area (Å²) in [5.74, 6) is 0.0686. The number of phenolic OH excluding ortho intramolecular Hbond substituents is 1. The van der Waals surface area contributed by atoms with Gasteiger partial charge < -0.3 is 20.6 Å². The number of nitrogens with one attached hydrogen (secondary N) is 1. The van der Waals surface area contributed by atoms with Crippen molar-refractivity contribution in [2.45, 2.75) is 12.2 Å². The molecule has 0 spiro atoms. The van der Waals surface area contributed by atoms with Gasteiger partial charge in [0.2, 0.25) is 0 Å². The maximum Gasteiger partial charge on any atom is 0.143 e. The normalized spacial score (nSPS) is 14.8. The van der Waals surface area contributed by atoms with Gasteiger partial charge in [0.25, 0.3) is 0 Å². The van der Waals surface area contributed by atoms with Crippen LogP contribution in [0.5, 0.6) is 5.75 Å². The van der Waals surface area contributed by atoms with Crippen LogP contribution in [-0.2, 0) is 0 Å². The maximum atomic E-state index is 9.85. The van der Waals surface area contributed by atoms with Gasteiger partial charge >= 0.3 is 0 Å². The number of hydrogen-bond donors (Lipinski definition) is 4. The summed E-state index contributed by atoms with van der Waals surface area (Å²) in [7, 11) is 1.69. The van der Waals surface area contributed by atoms with E-state index in [4.69, 9.17) is 0 Å². The lowest BCUT2D eigenvalue weighted by molar-refractivity contribution is 0.0201. The summed E-state index contributed by atoms with van der Waals surface area (Å²) in [6, 6.07) is 3.15. The number of hydrogen-bond acceptors (Lipinski definition) is 4. The topological polar surface area (TPSA) is 72.7 Å². The Balaban J connectivity index is 2.96. The number of aromatic hydroxyl groups is 1. The second-order valence-electron chi connectivity index (χ2n) is 3.40. The monoisotopic (exact) mass is 353 g/mol. The predicted octanol–water partition coefficient (Wildman–Crippen LogP) is 1.53. The molecular weight excluding hydrogens is 342 g/mol. The van der Waals surface area contributed by atoms with Crippen LogP contribution in [0.3, 0.4) is 0 Å². The van der Waals surface area contributed by atoms with Gasteiger partial charge in [0.05, 0.1) is 15.0 Å². The Morgan fingerprint density at radius 3 is 2.19 bits per heavy atom. The third-order valence-corrected chi connectivity index (χ3v) is 3.37. The summed E-state index contributed by atoms with van der Waals surface area (Å²) >= 11 is 6.33. The third kappa shape index (κ3) is 3.18. The summed E-state index contributed by atoms with van der Waals surface area (Å²) in [5, 5.41) is 31.7. The standard InChI is InChI=1S/C10H13Br2NO3/c1-13-4-8(14)9(15)5-2-6(11)10(16)7(12)3-5/h2-3,8-9,13-16H,4H2,1H3. The fourth-order valence-corrected chi connectivity index (χ4v) is 2.52. The van der Waals surface area contributed by atoms with Gasteiger partial charge in [0, 0.05) is 6.54 Å². The number of phenols is 1. The van der Waals surface area contributed by atoms with Crippen molar-refractivity contribution in [3.63, 3.8) is 0 Å². The van der Waals surface area contributed by atoms with Crippen LogP contribution in [0.2, 0.25) is 0 Å². The number of rotatable bonds is 4. The summed E-state index contributed by atoms with van der Waals surface area (Å²) in [5.41, 5.74) is 0.527. The van der Waals surface area contributed by atoms with E-state index in [0.29, 0.717) is 14.5 Å². The first-order chi connectivity index (χ1) is 7.47. The first-order valence-corrected chi connectivity index (χ1v) is 6.24. The molecule has 0 amide bonds. The Kier molecular flexibility index (Phi) is 5.20. The molecule has 0 heterocycles. The Labute approximate surface area is 111 Å². The molecule has 0 bridgehead atoms. The molecule has 2 atom stereocenters. The van der Waals surface area contributed by atoms with Gasteiger partial charge in [-0.05, 0) is 56.6 Å². The molecule has 2 unspecified atom stereocenters. The molecular formula is C10H13Br2NO3. The van der Waals surface area contributed by atoms with Crippen molar-refractivity contribution in [2.24, 2.45) is 0 Å². The number of likely N-dealkylation sites (N-methyl/N-ethyl adjacent to an activating group) is 1. The van der Waals surface area contributed by atoms with E-state index in [1.165, 1.54) is 0 Å². The van der Waals surface area contributed by atoms with Gasteiger partial charge in [-0.2, -0.15) is 0 Å². The Morgan fingerprint density at radius 1 is 1.25 bits per heavy atom. The molecule has 0 aliphatic heterocycles. The molecule has 0 saturated heterocycles. The summed E-state index contributed by atoms with van der Waals surface area (Å²) < 4.78 is 0.931. The van der Waals surface area contributed by atoms with E-state index in [2.05, 4.69) is 37.2 Å². The summed E-state index contributed by atoms with van der Waals surface area (Å²) in [4.78, 5) is 0. The van der Waals surface area contributed by atoms with Crippen LogP contribution in [0.1, 0.15) is 11.7 Å². The lowest BCUT2D eigenvalue weighted by Crippen LogP contribution is -2.29. The molecule has 0 fully saturated rings. The highest BCUT2D eigenvalue weighted by Crippen LogP contribution is 2.35. The van der Waals surface area contributed by atoms with Gasteiger partial charge in [-0.3, -0.25) is 0 Å². The highest BCUT2D eigenvalue weighted by Gasteiger charge is 2.19. The minimum absolute atomic E-state index is 0.0686. The number of aliphatic hydroxyl groups is 2. The molecule has 16 heavy (non-hydrogen) atoms. The van der Waals surface area contributed by atoms with Crippen LogP contribution in [0.15, 0.2) is 21.1 Å². The van der Waals surface area contributed by atoms with E-state index in [1.54, 1.807) is 19.2 Å². The molecule has 0 saturated carbocycles. The first kappa shape index (κ1) is 13.9. The van der Waals surface area contributed by atoms with Crippen LogP contribution in [-0.4, -0.2) is 35.0 Å². The molecule has 6 heteroatoms. The molecule has 1 aromatic rings. The lowest BCUT2D eigenvalue weighted by Gasteiger charge is -2.18. The second-order valence-corrected chi connectivity index (χ2v) is 5.11. The van der Waals surface area contributed by atoms with E-state index < -0.39 is 12.2 Å². The summed E-state index contributed by atoms with van der Waals surface area (Å²) in [6.07, 6.45) is -1.89. The van der Waals surface area contributed by atoms with Crippen LogP contribution in [0.4, 0.5) is 0 Å². The minimum Gasteiger partial charge on any atom is -0.506 e. The van der Waals surface area contributed by atoms with E-state index >= 15 is 0 Å². The van der Waals surface area contributed by atoms with Crippen molar-refractivity contribution in [2.75, 3.05) is 13.6 Å². The van der Waals surface area contributed by atoms with Crippen molar-refractivity contribution in [1.29, 1.82) is 0 Å². The third-order valence-electron chi connectivity index (χ3n) is 2.16. The highest BCUT2D eigenvalue weighted by atomic mass is 79.9. The molecule has 90 valence electrons. The highest BCUT2D eigenvalue weighted by molar-refractivity contribution is 9.11. The zero-order chi connectivity index (χ0) is 12.3. The molecule has 1 rings (SSSR count). The van der Waals surface area contributed by atoms with Crippen molar-refractivity contribution < 1.29 is 15.3 Å². The van der Waals surface area contributed by atoms with Crippen LogP contribution >= 0.6 is 31.9 Å². The van der Waals surface area contributed by atoms with E-state index in [9.17, 15) is 15.3 Å². The van der Waals surface area contributed by atoms with Crippen LogP contribution < -0.4 is 5.32 Å². The predicted molar refractivity (Wildman–Crippen MR) is 68.4 cm³/mol. The van der Waals surface area contributed by atoms with Crippen molar-refractivity contribution in [1.82, 2.24) is 5.32 Å². The largest absolute Gasteiger partial charge is 0.506 e. The smallest absolute Gasteiger partial charge is 0.143 e. The average molecular weight is 355 g/mol. The quantitative estimate of drug-likeness (QED) is 0.661. The zero-order valence-corrected chi connectivity index (χ0v) is 11.8. The SMILES string of the molecule is CNCC(O)C(O)c1cc(Br)c(O)c(Br)c1. The van der Waals surface area contributed by atoms with Gasteiger partial charge in [-0.15, -0.1) is 0 Å². The fraction of sp³-hybridized carbons (Fsp3) is 0.400. The van der Waals surface area contributed by atoms with Crippen molar-refractivity contribution >= 4 is 31.9 Å². The Hall–Kier alpha value is -0.140. The number of aliphatic hydroxyl groups excluding tert-OH is 2. The molecule has 0 aliphatic rings. The molecule has 4 N–H and O–H groups in total. The lowest BCUT2D eigenvalue weighted by atomic mass is 10.0. The zero-order valence-electron chi connectivity index (χ0n) is 8.61. The Morgan fingerprint density at radius 2 is 1.75 bits per heavy atom. The minimum atomic E-state index is -0.999. The second kappa shape index (κ2) is 5.97. The number of halogens is 2. The van der Waals surface area contributed by atoms with E-state index in [-0.39, 0.29) is 12.3 Å². The van der Waals surface area contributed by atoms with Crippen LogP contribution in [0.25, 0.3) is 0 Å². The van der Waals surface area contributed by atoms with E-state index in [0.717, 1.165) is 0 Å².